The summed E-state index contributed by atoms with van der Waals surface area (Å²) in [6.45, 7) is 12.4. The first-order chi connectivity index (χ1) is 22.8. The van der Waals surface area contributed by atoms with E-state index < -0.39 is 11.5 Å². The Morgan fingerprint density at radius 1 is 0.604 bits per heavy atom. The first kappa shape index (κ1) is 33.5. The Balaban J connectivity index is 1.72. The average molecular weight is 687 g/mol. The summed E-state index contributed by atoms with van der Waals surface area (Å²) < 4.78 is 0. The minimum absolute atomic E-state index is 0.117. The number of aliphatic imine (C=N–C) groups is 4. The summed E-state index contributed by atoms with van der Waals surface area (Å²) in [7, 11) is 0. The molecule has 4 aromatic carbocycles. The van der Waals surface area contributed by atoms with Crippen LogP contribution in [0.3, 0.4) is 0 Å². The first-order valence-corrected chi connectivity index (χ1v) is 17.7. The quantitative estimate of drug-likeness (QED) is 0.0912. The van der Waals surface area contributed by atoms with Crippen LogP contribution in [0.2, 0.25) is 0 Å². The van der Waals surface area contributed by atoms with Crippen LogP contribution in [0, 0.1) is 13.8 Å². The Hall–Kier alpha value is -4.42. The van der Waals surface area contributed by atoms with Gasteiger partial charge in [0.1, 0.15) is 11.5 Å². The zero-order valence-electron chi connectivity index (χ0n) is 27.6. The Kier molecular flexibility index (Phi) is 8.99. The SMILES string of the molecule is Cc1cc2c(C(C)C)c(O)c(O)c(C=NC3=NCCS3)c2c(O)c1-c1c(C)cc2c(C(C)C)c(O)c(O)c(C=NC3=NCCS3)c2c1O. The van der Waals surface area contributed by atoms with Crippen molar-refractivity contribution in [1.29, 1.82) is 0 Å². The molecule has 10 nitrogen and oxygen atoms in total. The maximum atomic E-state index is 12.2. The van der Waals surface area contributed by atoms with Crippen molar-refractivity contribution in [2.75, 3.05) is 24.6 Å². The van der Waals surface area contributed by atoms with Crippen molar-refractivity contribution in [2.45, 2.75) is 53.4 Å². The molecule has 0 aromatic heterocycles. The van der Waals surface area contributed by atoms with Gasteiger partial charge in [-0.15, -0.1) is 0 Å². The van der Waals surface area contributed by atoms with Crippen LogP contribution in [0.5, 0.6) is 34.5 Å². The van der Waals surface area contributed by atoms with Crippen LogP contribution in [-0.2, 0) is 0 Å². The second-order valence-corrected chi connectivity index (χ2v) is 14.7. The number of fused-ring (bicyclic) bond motifs is 2. The van der Waals surface area contributed by atoms with E-state index in [9.17, 15) is 30.6 Å². The van der Waals surface area contributed by atoms with Gasteiger partial charge in [-0.05, 0) is 47.6 Å². The summed E-state index contributed by atoms with van der Waals surface area (Å²) in [6, 6.07) is 3.65. The molecule has 6 N–H and O–H groups in total. The van der Waals surface area contributed by atoms with Gasteiger partial charge >= 0.3 is 0 Å². The molecule has 2 heterocycles. The molecule has 0 amide bonds. The van der Waals surface area contributed by atoms with Gasteiger partial charge in [0.05, 0.1) is 24.2 Å². The molecular weight excluding hydrogens is 649 g/mol. The van der Waals surface area contributed by atoms with Gasteiger partial charge in [-0.3, -0.25) is 9.98 Å². The monoisotopic (exact) mass is 686 g/mol. The number of nitrogens with zero attached hydrogens (tertiary/aromatic N) is 4. The van der Waals surface area contributed by atoms with Crippen molar-refractivity contribution in [3.05, 3.63) is 45.5 Å². The van der Waals surface area contributed by atoms with Crippen LogP contribution in [0.15, 0.2) is 32.1 Å². The number of hydrogen-bond acceptors (Lipinski definition) is 12. The smallest absolute Gasteiger partial charge is 0.182 e. The van der Waals surface area contributed by atoms with E-state index in [1.165, 1.54) is 36.0 Å². The highest BCUT2D eigenvalue weighted by Crippen LogP contribution is 2.54. The van der Waals surface area contributed by atoms with Crippen molar-refractivity contribution in [2.24, 2.45) is 20.0 Å². The number of benzene rings is 4. The van der Waals surface area contributed by atoms with Crippen molar-refractivity contribution in [1.82, 2.24) is 0 Å². The second kappa shape index (κ2) is 12.9. The fraction of sp³-hybridized carbons (Fsp3) is 0.333. The van der Waals surface area contributed by atoms with E-state index >= 15 is 0 Å². The van der Waals surface area contributed by atoms with Gasteiger partial charge in [0.25, 0.3) is 0 Å². The summed E-state index contributed by atoms with van der Waals surface area (Å²) in [5.41, 5.74) is 2.97. The zero-order chi connectivity index (χ0) is 34.6. The number of aryl methyl sites for hydroxylation is 2. The van der Waals surface area contributed by atoms with Crippen molar-refractivity contribution in [3.8, 4) is 45.6 Å². The lowest BCUT2D eigenvalue weighted by atomic mass is 9.83. The molecule has 2 aliphatic rings. The molecule has 2 aliphatic heterocycles. The molecule has 0 atom stereocenters. The van der Waals surface area contributed by atoms with E-state index in [-0.39, 0.29) is 56.7 Å². The van der Waals surface area contributed by atoms with Gasteiger partial charge in [0.2, 0.25) is 0 Å². The molecule has 0 aliphatic carbocycles. The van der Waals surface area contributed by atoms with E-state index in [4.69, 9.17) is 0 Å². The van der Waals surface area contributed by atoms with Crippen LogP contribution in [0.1, 0.15) is 72.9 Å². The summed E-state index contributed by atoms with van der Waals surface area (Å²) in [5.74, 6) is -0.711. The maximum Gasteiger partial charge on any atom is 0.182 e. The molecule has 4 aromatic rings. The Labute approximate surface area is 286 Å². The molecule has 6 rings (SSSR count). The lowest BCUT2D eigenvalue weighted by Gasteiger charge is -2.23. The molecule has 0 bridgehead atoms. The number of hydrogen-bond donors (Lipinski definition) is 6. The van der Waals surface area contributed by atoms with E-state index in [0.29, 0.717) is 67.6 Å². The van der Waals surface area contributed by atoms with Crippen LogP contribution in [0.25, 0.3) is 32.7 Å². The van der Waals surface area contributed by atoms with Gasteiger partial charge < -0.3 is 30.6 Å². The summed E-state index contributed by atoms with van der Waals surface area (Å²) in [4.78, 5) is 17.6. The highest BCUT2D eigenvalue weighted by Gasteiger charge is 2.29. The Morgan fingerprint density at radius 2 is 0.979 bits per heavy atom. The van der Waals surface area contributed by atoms with Crippen LogP contribution >= 0.6 is 23.5 Å². The minimum atomic E-state index is -0.420. The fourth-order valence-electron chi connectivity index (χ4n) is 6.67. The predicted octanol–water partition coefficient (Wildman–Crippen LogP) is 7.80. The molecule has 0 fully saturated rings. The van der Waals surface area contributed by atoms with Crippen molar-refractivity contribution in [3.63, 3.8) is 0 Å². The number of rotatable bonds is 5. The van der Waals surface area contributed by atoms with Gasteiger partial charge in [-0.25, -0.2) is 9.98 Å². The van der Waals surface area contributed by atoms with Crippen molar-refractivity contribution >= 4 is 67.8 Å². The molecule has 12 heteroatoms. The standard InChI is InChI=1S/C36H38N4O6S2/c1-15(2)23-19-11-17(5)25(31(43)27(19)21(29(41)33(23)45)13-39-35-37-7-9-47-35)26-18(6)12-20-24(16(3)4)34(46)30(42)22(28(20)32(26)44)14-40-36-38-8-10-48-36/h11-16,41-46H,7-10H2,1-6H3. The molecule has 0 spiro atoms. The first-order valence-electron chi connectivity index (χ1n) is 15.7. The normalized spacial score (nSPS) is 15.3. The summed E-state index contributed by atoms with van der Waals surface area (Å²) >= 11 is 2.94. The van der Waals surface area contributed by atoms with E-state index in [1.807, 2.05) is 39.8 Å². The summed E-state index contributed by atoms with van der Waals surface area (Å²) in [5, 5.41) is 72.0. The summed E-state index contributed by atoms with van der Waals surface area (Å²) in [6.07, 6.45) is 2.80. The number of phenols is 6. The van der Waals surface area contributed by atoms with E-state index in [2.05, 4.69) is 20.0 Å². The third kappa shape index (κ3) is 5.50. The molecule has 250 valence electrons. The van der Waals surface area contributed by atoms with Gasteiger partial charge in [0, 0.05) is 57.0 Å². The van der Waals surface area contributed by atoms with Crippen LogP contribution in [-0.4, -0.2) is 78.0 Å². The maximum absolute atomic E-state index is 12.2. The van der Waals surface area contributed by atoms with Crippen LogP contribution < -0.4 is 0 Å². The molecule has 0 unspecified atom stereocenters. The Bertz CT molecular complexity index is 1980. The Morgan fingerprint density at radius 3 is 1.29 bits per heavy atom. The van der Waals surface area contributed by atoms with Crippen molar-refractivity contribution < 1.29 is 30.6 Å². The highest BCUT2D eigenvalue weighted by molar-refractivity contribution is 8.14. The number of phenolic OH excluding ortho intramolecular Hbond substituents is 6. The molecule has 48 heavy (non-hydrogen) atoms. The lowest BCUT2D eigenvalue weighted by Crippen LogP contribution is -2.01. The highest BCUT2D eigenvalue weighted by atomic mass is 32.2. The molecule has 0 radical (unpaired) electrons. The molecule has 0 saturated heterocycles. The van der Waals surface area contributed by atoms with E-state index in [0.717, 1.165) is 11.5 Å². The van der Waals surface area contributed by atoms with Gasteiger partial charge in [-0.1, -0.05) is 63.4 Å². The van der Waals surface area contributed by atoms with E-state index in [1.54, 1.807) is 13.8 Å². The topological polar surface area (TPSA) is 171 Å². The predicted molar refractivity (Wildman–Crippen MR) is 199 cm³/mol. The number of amidine groups is 2. The largest absolute Gasteiger partial charge is 0.507 e. The van der Waals surface area contributed by atoms with Gasteiger partial charge in [0.15, 0.2) is 33.3 Å². The molecule has 0 saturated carbocycles. The minimum Gasteiger partial charge on any atom is -0.507 e. The van der Waals surface area contributed by atoms with Crippen LogP contribution in [0.4, 0.5) is 0 Å². The number of aromatic hydroxyl groups is 6. The average Bonchev–Trinajstić information content (AvgIpc) is 3.74. The third-order valence-electron chi connectivity index (χ3n) is 8.74. The van der Waals surface area contributed by atoms with Gasteiger partial charge in [-0.2, -0.15) is 0 Å². The zero-order valence-corrected chi connectivity index (χ0v) is 29.2. The molecular formula is C36H38N4O6S2. The third-order valence-corrected chi connectivity index (χ3v) is 10.5. The fourth-order valence-corrected chi connectivity index (χ4v) is 8.02. The second-order valence-electron chi connectivity index (χ2n) is 12.6. The number of thioether (sulfide) groups is 2. The lowest BCUT2D eigenvalue weighted by molar-refractivity contribution is 0.398.